The van der Waals surface area contributed by atoms with Crippen LogP contribution in [-0.4, -0.2) is 27.9 Å². The molecule has 0 N–H and O–H groups in total. The first-order valence-electron chi connectivity index (χ1n) is 27.2. The molecule has 0 aliphatic heterocycles. The van der Waals surface area contributed by atoms with E-state index >= 15 is 9.59 Å². The highest BCUT2D eigenvalue weighted by atomic mass is 16.2. The van der Waals surface area contributed by atoms with E-state index in [0.29, 0.717) is 100 Å². The zero-order valence-corrected chi connectivity index (χ0v) is 42.3. The summed E-state index contributed by atoms with van der Waals surface area (Å²) in [4.78, 5) is 97.0. The second-order valence-corrected chi connectivity index (χ2v) is 21.4. The van der Waals surface area contributed by atoms with Crippen molar-refractivity contribution in [2.75, 3.05) is 0 Å². The standard InChI is InChI=1S/C64H50N6O6/c1-3-5-7-9-11-13-31-67-59(71)39-23-27-45-55-47(29-25-41(53(39)55)61(67)73)69-57(65-45)37-19-15-33-36-18-22-44-52-38(20-16-34(50(36)52)35-17-21-43(63(69)75)51(37)49(33)35)58-66-46-28-24-40-54-42(26-30-48(56(46)54)70(58)64(44)76)62(74)68(60(40)72)32-14-12-10-8-6-4-2/h15-30H,3-14,31-32H2,1-2H3. The van der Waals surface area contributed by atoms with Gasteiger partial charge in [-0.15, -0.1) is 0 Å². The predicted molar refractivity (Wildman–Crippen MR) is 310 cm³/mol. The van der Waals surface area contributed by atoms with Crippen molar-refractivity contribution in [2.24, 2.45) is 0 Å². The fourth-order valence-electron chi connectivity index (χ4n) is 13.7. The Bertz CT molecular complexity index is 4950. The number of hydrogen-bond acceptors (Lipinski definition) is 8. The molecule has 6 heterocycles. The van der Waals surface area contributed by atoms with E-state index < -0.39 is 0 Å². The van der Waals surface area contributed by atoms with Crippen LogP contribution in [0.15, 0.2) is 126 Å². The molecule has 0 unspecified atom stereocenters. The maximum atomic E-state index is 15.2. The summed E-state index contributed by atoms with van der Waals surface area (Å²) in [5.74, 6) is 0. The number of hydrogen-bond donors (Lipinski definition) is 0. The van der Waals surface area contributed by atoms with E-state index in [1.807, 2.05) is 60.7 Å². The second-order valence-electron chi connectivity index (χ2n) is 21.4. The maximum Gasteiger partial charge on any atom is 0.264 e. The van der Waals surface area contributed by atoms with Crippen molar-refractivity contribution in [2.45, 2.75) is 104 Å². The summed E-state index contributed by atoms with van der Waals surface area (Å²) >= 11 is 0. The molecular weight excluding hydrogens is 949 g/mol. The van der Waals surface area contributed by atoms with Gasteiger partial charge in [0.25, 0.3) is 33.4 Å². The quantitative estimate of drug-likeness (QED) is 0.0594. The van der Waals surface area contributed by atoms with Crippen LogP contribution in [0.2, 0.25) is 0 Å². The minimum absolute atomic E-state index is 0.253. The first-order valence-corrected chi connectivity index (χ1v) is 27.2. The number of fused-ring (bicyclic) bond motifs is 8. The number of pyridine rings is 4. The Balaban J connectivity index is 0.915. The summed E-state index contributed by atoms with van der Waals surface area (Å²) in [6.45, 7) is 5.08. The van der Waals surface area contributed by atoms with Crippen molar-refractivity contribution in [3.63, 3.8) is 0 Å². The van der Waals surface area contributed by atoms with Gasteiger partial charge >= 0.3 is 0 Å². The summed E-state index contributed by atoms with van der Waals surface area (Å²) in [6, 6.07) is 30.4. The molecule has 12 nitrogen and oxygen atoms in total. The Morgan fingerprint density at radius 3 is 0.947 bits per heavy atom. The summed E-state index contributed by atoms with van der Waals surface area (Å²) in [5, 5.41) is 13.8. The molecule has 372 valence electrons. The van der Waals surface area contributed by atoms with Gasteiger partial charge in [0.15, 0.2) is 0 Å². The Labute approximate surface area is 430 Å². The van der Waals surface area contributed by atoms with E-state index in [4.69, 9.17) is 9.97 Å². The first kappa shape index (κ1) is 44.8. The van der Waals surface area contributed by atoms with Crippen LogP contribution in [0.3, 0.4) is 0 Å². The van der Waals surface area contributed by atoms with Gasteiger partial charge in [-0.05, 0) is 118 Å². The van der Waals surface area contributed by atoms with Crippen LogP contribution in [0.5, 0.6) is 0 Å². The predicted octanol–water partition coefficient (Wildman–Crippen LogP) is 12.5. The highest BCUT2D eigenvalue weighted by molar-refractivity contribution is 6.41. The summed E-state index contributed by atoms with van der Waals surface area (Å²) in [6.07, 6.45) is 12.5. The van der Waals surface area contributed by atoms with Crippen LogP contribution in [-0.2, 0) is 13.1 Å². The number of nitrogens with zero attached hydrogens (tertiary/aromatic N) is 6. The molecule has 0 amide bonds. The smallest absolute Gasteiger partial charge is 0.264 e. The van der Waals surface area contributed by atoms with Crippen molar-refractivity contribution < 1.29 is 0 Å². The molecule has 0 radical (unpaired) electrons. The van der Waals surface area contributed by atoms with Crippen LogP contribution in [0, 0.1) is 0 Å². The Morgan fingerprint density at radius 2 is 0.566 bits per heavy atom. The number of unbranched alkanes of at least 4 members (excludes halogenated alkanes) is 10. The monoisotopic (exact) mass is 998 g/mol. The van der Waals surface area contributed by atoms with Crippen LogP contribution in [0.25, 0.3) is 141 Å². The third kappa shape index (κ3) is 5.84. The van der Waals surface area contributed by atoms with Gasteiger partial charge in [-0.1, -0.05) is 102 Å². The molecule has 6 aromatic heterocycles. The molecule has 12 heteroatoms. The van der Waals surface area contributed by atoms with Gasteiger partial charge < -0.3 is 0 Å². The zero-order chi connectivity index (χ0) is 51.4. The van der Waals surface area contributed by atoms with E-state index in [-0.39, 0.29) is 33.4 Å². The van der Waals surface area contributed by atoms with Crippen molar-refractivity contribution in [3.8, 4) is 0 Å². The van der Waals surface area contributed by atoms with E-state index in [9.17, 15) is 19.2 Å². The number of rotatable bonds is 14. The van der Waals surface area contributed by atoms with Crippen molar-refractivity contribution in [1.82, 2.24) is 27.9 Å². The zero-order valence-electron chi connectivity index (χ0n) is 42.3. The van der Waals surface area contributed by atoms with Crippen LogP contribution < -0.4 is 33.4 Å². The summed E-state index contributed by atoms with van der Waals surface area (Å²) < 4.78 is 6.05. The van der Waals surface area contributed by atoms with Gasteiger partial charge in [-0.2, -0.15) is 0 Å². The molecule has 0 aliphatic rings. The molecule has 15 aromatic rings. The minimum atomic E-state index is -0.318. The van der Waals surface area contributed by atoms with Gasteiger partial charge in [0.05, 0.1) is 22.1 Å². The fourth-order valence-corrected chi connectivity index (χ4v) is 13.7. The summed E-state index contributed by atoms with van der Waals surface area (Å²) in [7, 11) is 0. The third-order valence-electron chi connectivity index (χ3n) is 17.2. The van der Waals surface area contributed by atoms with E-state index in [1.54, 1.807) is 33.1 Å². The van der Waals surface area contributed by atoms with E-state index in [1.165, 1.54) is 22.0 Å². The number of aromatic nitrogens is 6. The number of benzene rings is 9. The maximum absolute atomic E-state index is 15.2. The fraction of sp³-hybridized carbons (Fsp3) is 0.250. The van der Waals surface area contributed by atoms with Crippen molar-refractivity contribution in [3.05, 3.63) is 159 Å². The Hall–Kier alpha value is -8.64. The minimum Gasteiger partial charge on any atom is -0.274 e. The van der Waals surface area contributed by atoms with E-state index in [2.05, 4.69) is 26.0 Å². The average Bonchev–Trinajstić information content (AvgIpc) is 3.52. The highest BCUT2D eigenvalue weighted by Gasteiger charge is 2.27. The first-order chi connectivity index (χ1) is 37.2. The molecule has 0 fully saturated rings. The molecule has 0 bridgehead atoms. The molecule has 0 saturated carbocycles. The summed E-state index contributed by atoms with van der Waals surface area (Å²) in [5.41, 5.74) is 1.52. The molecule has 0 spiro atoms. The molecule has 0 atom stereocenters. The molecule has 9 aromatic carbocycles. The third-order valence-corrected chi connectivity index (χ3v) is 17.2. The molecule has 15 rings (SSSR count). The molecule has 0 aliphatic carbocycles. The SMILES string of the molecule is CCCCCCCCn1c(=O)c2ccc3nc4c5ccc6c7ccc8c(=O)n9c%10ccc%11c(=O)n(CCCCCCCC)c(=O)c%12ccc(nc9c9ccc(c%13ccc(c(=O)n4c4ccc(c1=O)c2c34)c5c%136)c7c89)c%10c%12%11. The lowest BCUT2D eigenvalue weighted by Crippen LogP contribution is -2.33. The lowest BCUT2D eigenvalue weighted by molar-refractivity contribution is 0.545. The van der Waals surface area contributed by atoms with Gasteiger partial charge in [0.2, 0.25) is 0 Å². The normalized spacial score (nSPS) is 12.9. The molecule has 76 heavy (non-hydrogen) atoms. The van der Waals surface area contributed by atoms with Crippen molar-refractivity contribution in [1.29, 1.82) is 0 Å². The highest BCUT2D eigenvalue weighted by Crippen LogP contribution is 2.46. The lowest BCUT2D eigenvalue weighted by Gasteiger charge is -2.20. The average molecular weight is 999 g/mol. The van der Waals surface area contributed by atoms with Crippen LogP contribution >= 0.6 is 0 Å². The van der Waals surface area contributed by atoms with Crippen LogP contribution in [0.1, 0.15) is 90.9 Å². The van der Waals surface area contributed by atoms with Gasteiger partial charge in [-0.25, -0.2) is 9.97 Å². The van der Waals surface area contributed by atoms with Gasteiger partial charge in [0, 0.05) is 88.5 Å². The Morgan fingerprint density at radius 1 is 0.289 bits per heavy atom. The molecular formula is C64H50N6O6. The second kappa shape index (κ2) is 16.4. The largest absolute Gasteiger partial charge is 0.274 e. The van der Waals surface area contributed by atoms with Crippen molar-refractivity contribution >= 4 is 141 Å². The van der Waals surface area contributed by atoms with Gasteiger partial charge in [0.1, 0.15) is 11.3 Å². The van der Waals surface area contributed by atoms with E-state index in [0.717, 1.165) is 118 Å². The topological polar surface area (TPSA) is 147 Å². The lowest BCUT2D eigenvalue weighted by atomic mass is 9.86. The van der Waals surface area contributed by atoms with Crippen LogP contribution in [0.4, 0.5) is 0 Å². The van der Waals surface area contributed by atoms with Gasteiger partial charge in [-0.3, -0.25) is 46.7 Å². The molecule has 0 saturated heterocycles. The Kier molecular flexibility index (Phi) is 9.69.